The lowest BCUT2D eigenvalue weighted by molar-refractivity contribution is 0.0605. The van der Waals surface area contributed by atoms with Crippen LogP contribution in [0.4, 0.5) is 0 Å². The smallest absolute Gasteiger partial charge is 0.350 e. The molecule has 0 spiro atoms. The number of hydrogen-bond donors (Lipinski definition) is 0. The van der Waals surface area contributed by atoms with E-state index >= 15 is 0 Å². The average Bonchev–Trinajstić information content (AvgIpc) is 2.60. The number of hydrogen-bond acceptors (Lipinski definition) is 5. The van der Waals surface area contributed by atoms with Crippen molar-refractivity contribution < 1.29 is 9.53 Å². The van der Waals surface area contributed by atoms with Gasteiger partial charge in [0.05, 0.1) is 12.8 Å². The highest BCUT2D eigenvalue weighted by molar-refractivity contribution is 8.01. The quantitative estimate of drug-likeness (QED) is 0.590. The Labute approximate surface area is 91.9 Å². The predicted molar refractivity (Wildman–Crippen MR) is 59.2 cm³/mol. The van der Waals surface area contributed by atoms with Crippen molar-refractivity contribution in [3.63, 3.8) is 0 Å². The molecule has 0 saturated heterocycles. The van der Waals surface area contributed by atoms with Crippen LogP contribution in [0.15, 0.2) is 4.34 Å². The minimum atomic E-state index is -0.276. The van der Waals surface area contributed by atoms with Gasteiger partial charge >= 0.3 is 5.97 Å². The third kappa shape index (κ3) is 2.48. The Hall–Kier alpha value is -0.550. The van der Waals surface area contributed by atoms with Crippen LogP contribution >= 0.6 is 23.1 Å². The minimum Gasteiger partial charge on any atom is -0.465 e. The molecule has 0 saturated carbocycles. The number of carbonyl (C=O) groups is 1. The lowest BCUT2D eigenvalue weighted by Crippen LogP contribution is -2.01. The molecule has 0 atom stereocenters. The summed E-state index contributed by atoms with van der Waals surface area (Å²) in [5, 5.41) is 0. The van der Waals surface area contributed by atoms with Crippen LogP contribution in [0.3, 0.4) is 0 Å². The van der Waals surface area contributed by atoms with E-state index in [1.165, 1.54) is 18.4 Å². The number of methoxy groups -OCH3 is 1. The molecule has 0 N–H and O–H groups in total. The van der Waals surface area contributed by atoms with E-state index in [1.807, 2.05) is 6.92 Å². The van der Waals surface area contributed by atoms with E-state index in [1.54, 1.807) is 11.8 Å². The highest BCUT2D eigenvalue weighted by atomic mass is 32.2. The summed E-state index contributed by atoms with van der Waals surface area (Å²) in [5.41, 5.74) is 0.845. The fourth-order valence-corrected chi connectivity index (χ4v) is 3.07. The van der Waals surface area contributed by atoms with Crippen molar-refractivity contribution in [2.75, 3.05) is 12.9 Å². The van der Waals surface area contributed by atoms with Crippen molar-refractivity contribution in [2.24, 2.45) is 0 Å². The van der Waals surface area contributed by atoms with Gasteiger partial charge in [0.1, 0.15) is 4.88 Å². The van der Waals surface area contributed by atoms with Crippen molar-refractivity contribution in [3.05, 3.63) is 10.6 Å². The maximum Gasteiger partial charge on any atom is 0.350 e. The maximum atomic E-state index is 11.3. The van der Waals surface area contributed by atoms with Crippen molar-refractivity contribution in [2.45, 2.75) is 24.6 Å². The van der Waals surface area contributed by atoms with E-state index in [-0.39, 0.29) is 5.97 Å². The Morgan fingerprint density at radius 3 is 2.79 bits per heavy atom. The van der Waals surface area contributed by atoms with Gasteiger partial charge in [0, 0.05) is 0 Å². The Kier molecular flexibility index (Phi) is 4.41. The zero-order valence-electron chi connectivity index (χ0n) is 8.49. The summed E-state index contributed by atoms with van der Waals surface area (Å²) in [5.74, 6) is 0.694. The summed E-state index contributed by atoms with van der Waals surface area (Å²) in [7, 11) is 1.40. The number of esters is 1. The van der Waals surface area contributed by atoms with Crippen molar-refractivity contribution in [1.29, 1.82) is 0 Å². The molecule has 0 fully saturated rings. The second-order valence-corrected chi connectivity index (χ2v) is 5.04. The summed E-state index contributed by atoms with van der Waals surface area (Å²) < 4.78 is 5.64. The van der Waals surface area contributed by atoms with E-state index in [0.717, 1.165) is 22.2 Å². The van der Waals surface area contributed by atoms with E-state index in [2.05, 4.69) is 11.9 Å². The second kappa shape index (κ2) is 5.36. The molecule has 0 unspecified atom stereocenters. The monoisotopic (exact) mass is 231 g/mol. The van der Waals surface area contributed by atoms with Crippen LogP contribution in [-0.2, 0) is 11.2 Å². The first-order valence-electron chi connectivity index (χ1n) is 4.43. The average molecular weight is 231 g/mol. The van der Waals surface area contributed by atoms with Crippen molar-refractivity contribution >= 4 is 29.1 Å². The molecule has 1 aromatic heterocycles. The van der Waals surface area contributed by atoms with Gasteiger partial charge in [-0.15, -0.1) is 11.3 Å². The normalized spacial score (nSPS) is 10.2. The zero-order valence-corrected chi connectivity index (χ0v) is 10.1. The number of rotatable bonds is 4. The van der Waals surface area contributed by atoms with Gasteiger partial charge in [-0.3, -0.25) is 0 Å². The number of aryl methyl sites for hydroxylation is 1. The highest BCUT2D eigenvalue weighted by Gasteiger charge is 2.16. The molecule has 3 nitrogen and oxygen atoms in total. The van der Waals surface area contributed by atoms with Crippen molar-refractivity contribution in [1.82, 2.24) is 4.98 Å². The van der Waals surface area contributed by atoms with Gasteiger partial charge in [-0.05, 0) is 12.2 Å². The molecule has 0 aliphatic heterocycles. The molecular weight excluding hydrogens is 218 g/mol. The van der Waals surface area contributed by atoms with E-state index in [0.29, 0.717) is 4.88 Å². The van der Waals surface area contributed by atoms with E-state index < -0.39 is 0 Å². The number of thioether (sulfide) groups is 1. The Morgan fingerprint density at radius 2 is 2.29 bits per heavy atom. The summed E-state index contributed by atoms with van der Waals surface area (Å²) in [6, 6.07) is 0. The molecule has 5 heteroatoms. The molecule has 0 amide bonds. The van der Waals surface area contributed by atoms with Gasteiger partial charge in [-0.25, -0.2) is 9.78 Å². The zero-order chi connectivity index (χ0) is 10.6. The first-order valence-corrected chi connectivity index (χ1v) is 6.23. The fourth-order valence-electron chi connectivity index (χ4n) is 1.01. The Bertz CT molecular complexity index is 323. The summed E-state index contributed by atoms with van der Waals surface area (Å²) in [6.45, 7) is 4.05. The molecule has 0 aliphatic rings. The molecule has 0 bridgehead atoms. The van der Waals surface area contributed by atoms with Crippen LogP contribution in [0.5, 0.6) is 0 Å². The molecular formula is C9H13NO2S2. The van der Waals surface area contributed by atoms with Crippen LogP contribution in [0, 0.1) is 0 Å². The molecule has 1 heterocycles. The van der Waals surface area contributed by atoms with Crippen LogP contribution in [0.1, 0.15) is 29.2 Å². The van der Waals surface area contributed by atoms with Gasteiger partial charge in [0.25, 0.3) is 0 Å². The standard InChI is InChI=1S/C9H13NO2S2/c1-4-6-7(8(11)12-3)14-9(10-6)13-5-2/h4-5H2,1-3H3. The van der Waals surface area contributed by atoms with Gasteiger partial charge in [0.15, 0.2) is 4.34 Å². The topological polar surface area (TPSA) is 39.2 Å². The molecule has 78 valence electrons. The summed E-state index contributed by atoms with van der Waals surface area (Å²) in [4.78, 5) is 16.4. The maximum absolute atomic E-state index is 11.3. The summed E-state index contributed by atoms with van der Waals surface area (Å²) in [6.07, 6.45) is 0.769. The van der Waals surface area contributed by atoms with E-state index in [9.17, 15) is 4.79 Å². The molecule has 1 aromatic rings. The first kappa shape index (κ1) is 11.5. The Morgan fingerprint density at radius 1 is 1.57 bits per heavy atom. The lowest BCUT2D eigenvalue weighted by atomic mass is 10.3. The molecule has 1 rings (SSSR count). The van der Waals surface area contributed by atoms with Crippen molar-refractivity contribution in [3.8, 4) is 0 Å². The van der Waals surface area contributed by atoms with Crippen LogP contribution in [0.25, 0.3) is 0 Å². The molecule has 0 aliphatic carbocycles. The Balaban J connectivity index is 2.96. The number of carbonyl (C=O) groups excluding carboxylic acids is 1. The van der Waals surface area contributed by atoms with Gasteiger partial charge in [-0.1, -0.05) is 25.6 Å². The fraction of sp³-hybridized carbons (Fsp3) is 0.556. The lowest BCUT2D eigenvalue weighted by Gasteiger charge is -1.95. The van der Waals surface area contributed by atoms with E-state index in [4.69, 9.17) is 4.74 Å². The molecule has 14 heavy (non-hydrogen) atoms. The van der Waals surface area contributed by atoms with Crippen LogP contribution in [-0.4, -0.2) is 23.8 Å². The third-order valence-electron chi connectivity index (χ3n) is 1.65. The predicted octanol–water partition coefficient (Wildman–Crippen LogP) is 2.60. The van der Waals surface area contributed by atoms with Crippen LogP contribution < -0.4 is 0 Å². The van der Waals surface area contributed by atoms with Gasteiger partial charge < -0.3 is 4.74 Å². The number of nitrogens with zero attached hydrogens (tertiary/aromatic N) is 1. The summed E-state index contributed by atoms with van der Waals surface area (Å²) >= 11 is 3.07. The second-order valence-electron chi connectivity index (χ2n) is 2.53. The minimum absolute atomic E-state index is 0.276. The van der Waals surface area contributed by atoms with Gasteiger partial charge in [0.2, 0.25) is 0 Å². The van der Waals surface area contributed by atoms with Gasteiger partial charge in [-0.2, -0.15) is 0 Å². The number of aromatic nitrogens is 1. The first-order chi connectivity index (χ1) is 6.72. The highest BCUT2D eigenvalue weighted by Crippen LogP contribution is 2.27. The third-order valence-corrected chi connectivity index (χ3v) is 3.75. The SMILES string of the molecule is CCSc1nc(CC)c(C(=O)OC)s1. The largest absolute Gasteiger partial charge is 0.465 e. The number of thiazole rings is 1. The van der Waals surface area contributed by atoms with Crippen LogP contribution in [0.2, 0.25) is 0 Å². The molecule has 0 aromatic carbocycles. The molecule has 0 radical (unpaired) electrons. The number of ether oxygens (including phenoxy) is 1.